The molecule has 0 aliphatic rings. The number of sulfonamides is 1. The van der Waals surface area contributed by atoms with Gasteiger partial charge in [0.1, 0.15) is 18.4 Å². The molecule has 0 heterocycles. The van der Waals surface area contributed by atoms with E-state index in [9.17, 15) is 22.4 Å². The first-order valence-corrected chi connectivity index (χ1v) is 14.2. The molecule has 1 N–H and O–H groups in total. The highest BCUT2D eigenvalue weighted by Gasteiger charge is 2.33. The monoisotopic (exact) mass is 539 g/mol. The maximum Gasteiger partial charge on any atom is 0.244 e. The summed E-state index contributed by atoms with van der Waals surface area (Å²) in [7, 11) is -2.42. The fourth-order valence-electron chi connectivity index (χ4n) is 4.33. The van der Waals surface area contributed by atoms with Gasteiger partial charge in [0.15, 0.2) is 0 Å². The molecular weight excluding hydrogens is 505 g/mol. The number of hydrogen-bond donors (Lipinski definition) is 1. The van der Waals surface area contributed by atoms with E-state index in [0.717, 1.165) is 21.7 Å². The zero-order valence-electron chi connectivity index (χ0n) is 22.1. The van der Waals surface area contributed by atoms with Gasteiger partial charge < -0.3 is 10.2 Å². The van der Waals surface area contributed by atoms with Crippen molar-refractivity contribution >= 4 is 27.5 Å². The first kappa shape index (κ1) is 28.8. The van der Waals surface area contributed by atoms with E-state index in [1.54, 1.807) is 30.3 Å². The number of benzene rings is 3. The fraction of sp³-hybridized carbons (Fsp3) is 0.310. The first-order chi connectivity index (χ1) is 18.0. The fourth-order valence-corrected chi connectivity index (χ4v) is 5.20. The van der Waals surface area contributed by atoms with E-state index in [1.165, 1.54) is 18.0 Å². The van der Waals surface area contributed by atoms with Crippen molar-refractivity contribution in [2.45, 2.75) is 38.8 Å². The van der Waals surface area contributed by atoms with Crippen LogP contribution in [0, 0.1) is 5.82 Å². The van der Waals surface area contributed by atoms with E-state index in [-0.39, 0.29) is 24.4 Å². The van der Waals surface area contributed by atoms with Crippen LogP contribution in [-0.2, 0) is 32.6 Å². The summed E-state index contributed by atoms with van der Waals surface area (Å²) >= 11 is 0. The molecule has 202 valence electrons. The highest BCUT2D eigenvalue weighted by Crippen LogP contribution is 2.29. The molecule has 0 fully saturated rings. The average molecular weight is 540 g/mol. The lowest BCUT2D eigenvalue weighted by molar-refractivity contribution is -0.139. The van der Waals surface area contributed by atoms with Crippen molar-refractivity contribution in [3.63, 3.8) is 0 Å². The number of hydrogen-bond acceptors (Lipinski definition) is 4. The summed E-state index contributed by atoms with van der Waals surface area (Å²) in [5.74, 6) is -1.59. The molecule has 0 saturated carbocycles. The van der Waals surface area contributed by atoms with Gasteiger partial charge in [0, 0.05) is 25.6 Å². The number of likely N-dealkylation sites (N-methyl/N-ethyl adjacent to an activating group) is 1. The van der Waals surface area contributed by atoms with Crippen molar-refractivity contribution in [3.8, 4) is 0 Å². The molecule has 0 aliphatic carbocycles. The summed E-state index contributed by atoms with van der Waals surface area (Å²) in [6.07, 6.45) is 1.21. The molecule has 0 aliphatic heterocycles. The van der Waals surface area contributed by atoms with Crippen LogP contribution in [0.4, 0.5) is 10.1 Å². The molecule has 3 aromatic rings. The minimum Gasteiger partial charge on any atom is -0.357 e. The maximum atomic E-state index is 14.7. The summed E-state index contributed by atoms with van der Waals surface area (Å²) in [6, 6.07) is 21.2. The van der Waals surface area contributed by atoms with Gasteiger partial charge >= 0.3 is 0 Å². The van der Waals surface area contributed by atoms with Crippen LogP contribution in [0.1, 0.15) is 36.5 Å². The van der Waals surface area contributed by atoms with E-state index in [4.69, 9.17) is 0 Å². The van der Waals surface area contributed by atoms with Gasteiger partial charge in [0.05, 0.1) is 11.9 Å². The molecule has 2 amide bonds. The number of nitrogens with one attached hydrogen (secondary N) is 1. The Morgan fingerprint density at radius 1 is 0.921 bits per heavy atom. The molecule has 1 atom stereocenters. The molecule has 9 heteroatoms. The number of nitrogens with zero attached hydrogens (tertiary/aromatic N) is 2. The second-order valence-corrected chi connectivity index (χ2v) is 11.3. The topological polar surface area (TPSA) is 86.8 Å². The van der Waals surface area contributed by atoms with Crippen LogP contribution in [0.3, 0.4) is 0 Å². The Morgan fingerprint density at radius 2 is 1.53 bits per heavy atom. The molecule has 0 radical (unpaired) electrons. The van der Waals surface area contributed by atoms with Crippen LogP contribution >= 0.6 is 0 Å². The van der Waals surface area contributed by atoms with Gasteiger partial charge in [-0.05, 0) is 29.2 Å². The largest absolute Gasteiger partial charge is 0.357 e. The SMILES string of the molecule is CNC(=O)[C@@H](Cc1ccccc1)N(Cc1ccccc1F)C(=O)CN(c1ccccc1C(C)C)S(C)(=O)=O. The smallest absolute Gasteiger partial charge is 0.244 e. The van der Waals surface area contributed by atoms with Crippen LogP contribution in [-0.4, -0.2) is 51.0 Å². The van der Waals surface area contributed by atoms with E-state index in [1.807, 2.05) is 56.3 Å². The lowest BCUT2D eigenvalue weighted by atomic mass is 10.0. The van der Waals surface area contributed by atoms with Crippen LogP contribution in [0.5, 0.6) is 0 Å². The predicted octanol–water partition coefficient (Wildman–Crippen LogP) is 4.10. The van der Waals surface area contributed by atoms with Crippen LogP contribution in [0.2, 0.25) is 0 Å². The Labute approximate surface area is 224 Å². The van der Waals surface area contributed by atoms with Gasteiger partial charge in [-0.25, -0.2) is 12.8 Å². The third-order valence-corrected chi connectivity index (χ3v) is 7.45. The van der Waals surface area contributed by atoms with Gasteiger partial charge in [-0.15, -0.1) is 0 Å². The lowest BCUT2D eigenvalue weighted by Gasteiger charge is -2.34. The number of rotatable bonds is 11. The predicted molar refractivity (Wildman–Crippen MR) is 148 cm³/mol. The summed E-state index contributed by atoms with van der Waals surface area (Å²) in [6.45, 7) is 3.12. The van der Waals surface area contributed by atoms with E-state index in [2.05, 4.69) is 5.32 Å². The number of para-hydroxylation sites is 1. The van der Waals surface area contributed by atoms with Crippen LogP contribution < -0.4 is 9.62 Å². The van der Waals surface area contributed by atoms with Crippen LogP contribution in [0.25, 0.3) is 0 Å². The standard InChI is InChI=1S/C29H34FN3O4S/c1-21(2)24-15-9-11-17-26(24)33(38(4,36)37)20-28(34)32(19-23-14-8-10-16-25(23)30)27(29(35)31-3)18-22-12-6-5-7-13-22/h5-17,21,27H,18-20H2,1-4H3,(H,31,35)/t27-/m1/s1. The third-order valence-electron chi connectivity index (χ3n) is 6.32. The molecule has 0 aromatic heterocycles. The van der Waals surface area contributed by atoms with Crippen molar-refractivity contribution in [2.75, 3.05) is 24.2 Å². The Kier molecular flexibility index (Phi) is 9.63. The van der Waals surface area contributed by atoms with Gasteiger partial charge in [0.25, 0.3) is 0 Å². The highest BCUT2D eigenvalue weighted by atomic mass is 32.2. The number of anilines is 1. The van der Waals surface area contributed by atoms with Crippen LogP contribution in [0.15, 0.2) is 78.9 Å². The van der Waals surface area contributed by atoms with Crippen molar-refractivity contribution < 1.29 is 22.4 Å². The second-order valence-electron chi connectivity index (χ2n) is 9.42. The van der Waals surface area contributed by atoms with E-state index in [0.29, 0.717) is 5.69 Å². The highest BCUT2D eigenvalue weighted by molar-refractivity contribution is 7.92. The third kappa shape index (κ3) is 7.19. The normalized spacial score (nSPS) is 12.2. The molecule has 0 saturated heterocycles. The molecule has 3 aromatic carbocycles. The average Bonchev–Trinajstić information content (AvgIpc) is 2.89. The summed E-state index contributed by atoms with van der Waals surface area (Å²) in [4.78, 5) is 28.3. The van der Waals surface area contributed by atoms with Gasteiger partial charge in [-0.1, -0.05) is 80.6 Å². The molecule has 0 spiro atoms. The summed E-state index contributed by atoms with van der Waals surface area (Å²) in [5, 5.41) is 2.60. The molecule has 38 heavy (non-hydrogen) atoms. The first-order valence-electron chi connectivity index (χ1n) is 12.4. The molecule has 7 nitrogen and oxygen atoms in total. The summed E-state index contributed by atoms with van der Waals surface area (Å²) < 4.78 is 41.6. The van der Waals surface area contributed by atoms with Gasteiger partial charge in [-0.3, -0.25) is 13.9 Å². The zero-order chi connectivity index (χ0) is 27.9. The van der Waals surface area contributed by atoms with Crippen molar-refractivity contribution in [2.24, 2.45) is 0 Å². The minimum atomic E-state index is -3.88. The van der Waals surface area contributed by atoms with Crippen molar-refractivity contribution in [1.29, 1.82) is 0 Å². The number of carbonyl (C=O) groups is 2. The van der Waals surface area contributed by atoms with Gasteiger partial charge in [0.2, 0.25) is 21.8 Å². The molecule has 0 unspecified atom stereocenters. The Morgan fingerprint density at radius 3 is 2.13 bits per heavy atom. The van der Waals surface area contributed by atoms with Crippen molar-refractivity contribution in [1.82, 2.24) is 10.2 Å². The number of amides is 2. The zero-order valence-corrected chi connectivity index (χ0v) is 22.9. The van der Waals surface area contributed by atoms with E-state index >= 15 is 0 Å². The molecular formula is C29H34FN3O4S. The Hall–Kier alpha value is -3.72. The lowest BCUT2D eigenvalue weighted by Crippen LogP contribution is -2.53. The number of halogens is 1. The second kappa shape index (κ2) is 12.7. The number of carbonyl (C=O) groups excluding carboxylic acids is 2. The molecule has 0 bridgehead atoms. The van der Waals surface area contributed by atoms with Gasteiger partial charge in [-0.2, -0.15) is 0 Å². The summed E-state index contributed by atoms with van der Waals surface area (Å²) in [5.41, 5.74) is 2.18. The minimum absolute atomic E-state index is 0.00299. The maximum absolute atomic E-state index is 14.7. The quantitative estimate of drug-likeness (QED) is 0.398. The van der Waals surface area contributed by atoms with E-state index < -0.39 is 40.2 Å². The van der Waals surface area contributed by atoms with Crippen molar-refractivity contribution in [3.05, 3.63) is 101 Å². The Balaban J connectivity index is 2.08. The Bertz CT molecular complexity index is 1360. The molecule has 3 rings (SSSR count).